The number of amides is 2. The Hall–Kier alpha value is -6.41. The largest absolute Gasteiger partial charge is 0.507 e. The number of phenolic OH excluding ortho intramolecular Hbond substituents is 2. The van der Waals surface area contributed by atoms with Crippen LogP contribution >= 0.6 is 0 Å². The predicted molar refractivity (Wildman–Crippen MR) is 280 cm³/mol. The smallest absolute Gasteiger partial charge is 0.315 e. The van der Waals surface area contributed by atoms with Gasteiger partial charge in [0.25, 0.3) is 11.7 Å². The second-order valence-electron chi connectivity index (χ2n) is 21.6. The van der Waals surface area contributed by atoms with Crippen LogP contribution in [0.4, 0.5) is 11.4 Å². The summed E-state index contributed by atoms with van der Waals surface area (Å²) in [6.07, 6.45) is 7.20. The summed E-state index contributed by atoms with van der Waals surface area (Å²) in [5.41, 5.74) is 0.279. The molecule has 6 aliphatic rings. The number of phenols is 2. The predicted octanol–water partition coefficient (Wildman–Crippen LogP) is 4.86. The summed E-state index contributed by atoms with van der Waals surface area (Å²) < 4.78 is 24.7. The van der Waals surface area contributed by atoms with Crippen molar-refractivity contribution in [3.63, 3.8) is 0 Å². The summed E-state index contributed by atoms with van der Waals surface area (Å²) in [6, 6.07) is 3.80. The topological polar surface area (TPSA) is 245 Å². The van der Waals surface area contributed by atoms with Crippen LogP contribution in [-0.4, -0.2) is 148 Å². The Balaban J connectivity index is 1.15. The van der Waals surface area contributed by atoms with E-state index in [1.165, 1.54) is 26.4 Å². The number of piperidine rings is 1. The number of allylic oxidation sites excluding steroid dienone is 2. The van der Waals surface area contributed by atoms with E-state index in [1.807, 2.05) is 12.1 Å². The zero-order valence-electron chi connectivity index (χ0n) is 44.7. The number of nitrogens with one attached hydrogen (secondary N) is 1. The van der Waals surface area contributed by atoms with E-state index in [1.54, 1.807) is 77.1 Å². The van der Waals surface area contributed by atoms with Crippen molar-refractivity contribution >= 4 is 45.7 Å². The second kappa shape index (κ2) is 22.0. The molecule has 1 aromatic heterocycles. The summed E-state index contributed by atoms with van der Waals surface area (Å²) in [5.74, 6) is -7.81. The van der Waals surface area contributed by atoms with E-state index in [2.05, 4.69) is 33.9 Å². The number of ketones is 1. The molecule has 9 rings (SSSR count). The highest BCUT2D eigenvalue weighted by atomic mass is 16.7. The van der Waals surface area contributed by atoms with Crippen molar-refractivity contribution in [3.05, 3.63) is 82.5 Å². The van der Waals surface area contributed by atoms with Gasteiger partial charge >= 0.3 is 11.8 Å². The monoisotopic (exact) mass is 1040 g/mol. The Kier molecular flexibility index (Phi) is 16.1. The Labute approximate surface area is 437 Å². The number of aromatic hydroxyl groups is 2. The highest BCUT2D eigenvalue weighted by Crippen LogP contribution is 2.50. The van der Waals surface area contributed by atoms with Gasteiger partial charge in [-0.05, 0) is 38.0 Å². The van der Waals surface area contributed by atoms with Gasteiger partial charge in [-0.1, -0.05) is 59.8 Å². The minimum Gasteiger partial charge on any atom is -0.507 e. The third-order valence-electron chi connectivity index (χ3n) is 15.8. The highest BCUT2D eigenvalue weighted by molar-refractivity contribution is 6.19. The van der Waals surface area contributed by atoms with Crippen molar-refractivity contribution in [2.75, 3.05) is 63.1 Å². The Morgan fingerprint density at radius 3 is 2.20 bits per heavy atom. The van der Waals surface area contributed by atoms with E-state index in [0.29, 0.717) is 58.0 Å². The van der Waals surface area contributed by atoms with Crippen LogP contribution < -0.4 is 25.7 Å². The van der Waals surface area contributed by atoms with Gasteiger partial charge in [0.2, 0.25) is 5.91 Å². The average molecular weight is 1040 g/mol. The molecule has 0 radical (unpaired) electrons. The molecule has 0 unspecified atom stereocenters. The molecule has 2 amide bonds. The van der Waals surface area contributed by atoms with E-state index in [4.69, 9.17) is 28.9 Å². The maximum atomic E-state index is 15.0. The standard InChI is InChI=1S/C56H73N7O12/c1-30(2)29-61-21-17-56(18-22-61)59-44-41-42-49(68)36(8)52-43(41)53(70)55(9,75-52)73-27-16-38(72-10)33(5)51(74-40(65)28-39(64)63-25-23-62(24-26-63)37-14-19-57-20-15-37)35(7)48(67)34(6)47(66)31(3)12-11-13-32(4)54(71)58-46(50(42)69)45(44)60-56/h11-16,19-20,27,30-31,33-35,38,47-48,51,66-69H,17-18,21-26,28-29H2,1-10H3,(H,58,71)/b12-11+,27-16+,32-13-/t31-,33+,34+,35+,38-,47-,48+,51+,55-/m0/s1. The van der Waals surface area contributed by atoms with Crippen LogP contribution in [0.15, 0.2) is 70.7 Å². The Morgan fingerprint density at radius 2 is 1.55 bits per heavy atom. The van der Waals surface area contributed by atoms with E-state index in [0.717, 1.165) is 12.2 Å². The number of fused-ring (bicyclic) bond motifs is 13. The molecule has 2 fully saturated rings. The van der Waals surface area contributed by atoms with Crippen LogP contribution in [0.3, 0.4) is 0 Å². The first kappa shape index (κ1) is 54.8. The lowest BCUT2D eigenvalue weighted by Crippen LogP contribution is -2.50. The number of pyridine rings is 1. The van der Waals surface area contributed by atoms with Gasteiger partial charge in [0.05, 0.1) is 40.9 Å². The molecular weight excluding hydrogens is 963 g/mol. The van der Waals surface area contributed by atoms with Crippen molar-refractivity contribution in [1.29, 1.82) is 0 Å². The number of ether oxygens (including phenoxy) is 4. The quantitative estimate of drug-likeness (QED) is 0.121. The first-order valence-electron chi connectivity index (χ1n) is 26.1. The van der Waals surface area contributed by atoms with Crippen LogP contribution in [0.25, 0.3) is 10.8 Å². The summed E-state index contributed by atoms with van der Waals surface area (Å²) >= 11 is 0. The van der Waals surface area contributed by atoms with Gasteiger partial charge in [-0.2, -0.15) is 0 Å². The maximum absolute atomic E-state index is 15.0. The number of nitrogens with zero attached hydrogens (tertiary/aromatic N) is 6. The molecule has 75 heavy (non-hydrogen) atoms. The number of aliphatic hydroxyl groups is 2. The molecule has 9 atom stereocenters. The number of rotatable bonds is 7. The van der Waals surface area contributed by atoms with Crippen molar-refractivity contribution in [3.8, 4) is 17.2 Å². The number of benzene rings is 2. The molecule has 6 aliphatic heterocycles. The van der Waals surface area contributed by atoms with Gasteiger partial charge in [-0.25, -0.2) is 0 Å². The third-order valence-corrected chi connectivity index (χ3v) is 15.8. The molecule has 2 aromatic carbocycles. The zero-order valence-corrected chi connectivity index (χ0v) is 44.7. The first-order valence-corrected chi connectivity index (χ1v) is 26.1. The van der Waals surface area contributed by atoms with Gasteiger partial charge in [0.15, 0.2) is 11.4 Å². The molecule has 19 nitrogen and oxygen atoms in total. The fraction of sp³-hybridized carbons (Fsp3) is 0.554. The zero-order chi connectivity index (χ0) is 54.3. The Bertz CT molecular complexity index is 2910. The molecule has 0 aliphatic carbocycles. The number of anilines is 2. The number of piperazine rings is 1. The van der Waals surface area contributed by atoms with Gasteiger partial charge in [0.1, 0.15) is 35.1 Å². The normalized spacial score (nSPS) is 30.0. The molecule has 19 heteroatoms. The fourth-order valence-electron chi connectivity index (χ4n) is 11.2. The van der Waals surface area contributed by atoms with Crippen LogP contribution in [-0.2, 0) is 28.6 Å². The van der Waals surface area contributed by atoms with Crippen molar-refractivity contribution < 1.29 is 58.6 Å². The Morgan fingerprint density at radius 1 is 0.880 bits per heavy atom. The molecule has 5 bridgehead atoms. The number of Topliss-reactive ketones (excluding diaryl/α,β-unsaturated/α-hetero) is 1. The number of hydrogen-bond donors (Lipinski definition) is 5. The molecule has 5 N–H and O–H groups in total. The summed E-state index contributed by atoms with van der Waals surface area (Å²) in [7, 11) is 1.44. The minimum absolute atomic E-state index is 0.00610. The van der Waals surface area contributed by atoms with Gasteiger partial charge in [-0.3, -0.25) is 34.1 Å². The molecule has 1 spiro atoms. The number of likely N-dealkylation sites (tertiary alicyclic amines) is 1. The average Bonchev–Trinajstić information content (AvgIpc) is 3.95. The molecule has 0 saturated carbocycles. The molecule has 7 heterocycles. The molecule has 3 aromatic rings. The van der Waals surface area contributed by atoms with E-state index in [-0.39, 0.29) is 49.6 Å². The summed E-state index contributed by atoms with van der Waals surface area (Å²) in [5, 5.41) is 51.1. The lowest BCUT2D eigenvalue weighted by Gasteiger charge is -2.38. The van der Waals surface area contributed by atoms with E-state index >= 15 is 0 Å². The number of esters is 1. The number of hydrogen-bond acceptors (Lipinski definition) is 17. The summed E-state index contributed by atoms with van der Waals surface area (Å²) in [6.45, 7) is 19.9. The van der Waals surface area contributed by atoms with Crippen molar-refractivity contribution in [2.45, 2.75) is 117 Å². The fourth-order valence-corrected chi connectivity index (χ4v) is 11.2. The van der Waals surface area contributed by atoms with Crippen molar-refractivity contribution in [1.82, 2.24) is 14.8 Å². The number of methoxy groups -OCH3 is 1. The lowest BCUT2D eigenvalue weighted by atomic mass is 9.78. The van der Waals surface area contributed by atoms with Crippen LogP contribution in [0.5, 0.6) is 17.2 Å². The second-order valence-corrected chi connectivity index (χ2v) is 21.6. The number of aliphatic hydroxyl groups excluding tert-OH is 2. The van der Waals surface area contributed by atoms with E-state index < -0.39 is 101 Å². The molecule has 2 saturated heterocycles. The van der Waals surface area contributed by atoms with Crippen LogP contribution in [0.1, 0.15) is 90.6 Å². The van der Waals surface area contributed by atoms with Gasteiger partial charge in [-0.15, -0.1) is 0 Å². The van der Waals surface area contributed by atoms with Crippen LogP contribution in [0, 0.1) is 36.5 Å². The lowest BCUT2D eigenvalue weighted by molar-refractivity contribution is -0.165. The first-order chi connectivity index (χ1) is 35.6. The number of carbonyl (C=O) groups excluding carboxylic acids is 4. The molecule has 404 valence electrons. The third kappa shape index (κ3) is 10.9. The maximum Gasteiger partial charge on any atom is 0.315 e. The minimum atomic E-state index is -2.03. The van der Waals surface area contributed by atoms with Crippen LogP contribution in [0.2, 0.25) is 0 Å². The van der Waals surface area contributed by atoms with Gasteiger partial charge < -0.3 is 59.4 Å². The summed E-state index contributed by atoms with van der Waals surface area (Å²) in [4.78, 5) is 77.0. The SMILES string of the molecule is CO[C@H]1/C=C/O[C@@]2(C)Oc3c(C)c(O)c4c(O)c(c5c(c4c3C2=O)=NC2(CCN(CC(C)C)CC2)N=5)NC(=O)/C(C)=C\C=C\[C@H](C)[C@H](O)[C@@H](C)[C@@H](O)[C@@H](C)[C@H](OC(=O)CC(=O)N2CCN(c3ccncc3)CC2)[C@@H]1C. The number of aromatic nitrogens is 1. The van der Waals surface area contributed by atoms with Gasteiger partial charge in [0, 0.05) is 131 Å². The van der Waals surface area contributed by atoms with Crippen molar-refractivity contribution in [2.24, 2.45) is 39.6 Å². The molecular formula is C56H73N7O12. The highest BCUT2D eigenvalue weighted by Gasteiger charge is 2.50. The van der Waals surface area contributed by atoms with E-state index in [9.17, 15) is 39.6 Å². The number of carbonyl (C=O) groups is 4.